The molecule has 0 saturated carbocycles. The summed E-state index contributed by atoms with van der Waals surface area (Å²) in [6, 6.07) is 12.1. The zero-order valence-corrected chi connectivity index (χ0v) is 13.7. The van der Waals surface area contributed by atoms with Gasteiger partial charge in [-0.1, -0.05) is 0 Å². The maximum absolute atomic E-state index is 12.9. The van der Waals surface area contributed by atoms with Crippen LogP contribution >= 0.6 is 0 Å². The molecule has 0 fully saturated rings. The Balaban J connectivity index is 2.10. The van der Waals surface area contributed by atoms with Crippen LogP contribution in [0.15, 0.2) is 54.2 Å². The minimum absolute atomic E-state index is 0.140. The molecular formula is C18H16FN3O3. The highest BCUT2D eigenvalue weighted by Crippen LogP contribution is 2.29. The van der Waals surface area contributed by atoms with E-state index in [-0.39, 0.29) is 5.57 Å². The molecule has 2 aromatic rings. The molecular weight excluding hydrogens is 325 g/mol. The Morgan fingerprint density at radius 3 is 2.32 bits per heavy atom. The predicted molar refractivity (Wildman–Crippen MR) is 91.9 cm³/mol. The summed E-state index contributed by atoms with van der Waals surface area (Å²) < 4.78 is 23.2. The number of nitriles is 1. The summed E-state index contributed by atoms with van der Waals surface area (Å²) >= 11 is 0. The van der Waals surface area contributed by atoms with E-state index >= 15 is 0 Å². The van der Waals surface area contributed by atoms with E-state index in [1.54, 1.807) is 18.2 Å². The highest BCUT2D eigenvalue weighted by molar-refractivity contribution is 6.06. The average Bonchev–Trinajstić information content (AvgIpc) is 2.63. The summed E-state index contributed by atoms with van der Waals surface area (Å²) in [5.74, 6) is 0.0491. The van der Waals surface area contributed by atoms with Gasteiger partial charge in [0.05, 0.1) is 14.2 Å². The summed E-state index contributed by atoms with van der Waals surface area (Å²) in [6.07, 6.45) is 1.28. The van der Waals surface area contributed by atoms with Crippen LogP contribution in [0.1, 0.15) is 0 Å². The molecule has 25 heavy (non-hydrogen) atoms. The molecule has 0 radical (unpaired) electrons. The number of anilines is 2. The SMILES string of the molecule is COc1ccc(N/C=C(/C#N)C(=O)Nc2ccc(F)cc2)cc1OC. The lowest BCUT2D eigenvalue weighted by Crippen LogP contribution is -2.14. The highest BCUT2D eigenvalue weighted by Gasteiger charge is 2.10. The first-order chi connectivity index (χ1) is 12.1. The van der Waals surface area contributed by atoms with Crippen LogP contribution in [0.3, 0.4) is 0 Å². The van der Waals surface area contributed by atoms with Crippen molar-refractivity contribution >= 4 is 17.3 Å². The number of methoxy groups -OCH3 is 2. The number of nitrogens with zero attached hydrogens (tertiary/aromatic N) is 1. The number of nitrogens with one attached hydrogen (secondary N) is 2. The fraction of sp³-hybridized carbons (Fsp3) is 0.111. The smallest absolute Gasteiger partial charge is 0.267 e. The fourth-order valence-corrected chi connectivity index (χ4v) is 1.96. The Kier molecular flexibility index (Phi) is 5.96. The Morgan fingerprint density at radius 1 is 1.08 bits per heavy atom. The number of carbonyl (C=O) groups excluding carboxylic acids is 1. The van der Waals surface area contributed by atoms with Crippen molar-refractivity contribution in [3.05, 3.63) is 60.1 Å². The van der Waals surface area contributed by atoms with E-state index in [9.17, 15) is 9.18 Å². The van der Waals surface area contributed by atoms with Crippen molar-refractivity contribution in [1.82, 2.24) is 0 Å². The molecule has 2 aromatic carbocycles. The van der Waals surface area contributed by atoms with Gasteiger partial charge in [-0.2, -0.15) is 5.26 Å². The number of ether oxygens (including phenoxy) is 2. The minimum atomic E-state index is -0.609. The van der Waals surface area contributed by atoms with E-state index < -0.39 is 11.7 Å². The van der Waals surface area contributed by atoms with Crippen LogP contribution in [0.4, 0.5) is 15.8 Å². The summed E-state index contributed by atoms with van der Waals surface area (Å²) in [5, 5.41) is 14.5. The van der Waals surface area contributed by atoms with E-state index in [0.717, 1.165) is 0 Å². The van der Waals surface area contributed by atoms with Gasteiger partial charge >= 0.3 is 0 Å². The molecule has 128 valence electrons. The van der Waals surface area contributed by atoms with Crippen molar-refractivity contribution in [2.24, 2.45) is 0 Å². The zero-order chi connectivity index (χ0) is 18.2. The first-order valence-corrected chi connectivity index (χ1v) is 7.23. The molecule has 0 saturated heterocycles. The molecule has 0 atom stereocenters. The molecule has 0 unspecified atom stereocenters. The van der Waals surface area contributed by atoms with Gasteiger partial charge in [-0.05, 0) is 36.4 Å². The molecule has 0 bridgehead atoms. The van der Waals surface area contributed by atoms with Gasteiger partial charge in [0.1, 0.15) is 17.5 Å². The topological polar surface area (TPSA) is 83.4 Å². The molecule has 0 spiro atoms. The lowest BCUT2D eigenvalue weighted by Gasteiger charge is -2.09. The number of hydrogen-bond acceptors (Lipinski definition) is 5. The Labute approximate surface area is 144 Å². The molecule has 0 aliphatic rings. The number of amides is 1. The van der Waals surface area contributed by atoms with E-state index in [2.05, 4.69) is 10.6 Å². The summed E-state index contributed by atoms with van der Waals surface area (Å²) in [5.41, 5.74) is 0.859. The van der Waals surface area contributed by atoms with Crippen LogP contribution in [-0.4, -0.2) is 20.1 Å². The molecule has 1 amide bonds. The van der Waals surface area contributed by atoms with Crippen LogP contribution in [0.2, 0.25) is 0 Å². The van der Waals surface area contributed by atoms with Gasteiger partial charge in [-0.3, -0.25) is 4.79 Å². The summed E-state index contributed by atoms with van der Waals surface area (Å²) in [7, 11) is 3.03. The molecule has 0 aromatic heterocycles. The van der Waals surface area contributed by atoms with Crippen molar-refractivity contribution in [2.75, 3.05) is 24.9 Å². The normalized spacial score (nSPS) is 10.6. The second-order valence-electron chi connectivity index (χ2n) is 4.84. The molecule has 0 heterocycles. The van der Waals surface area contributed by atoms with E-state index in [4.69, 9.17) is 14.7 Å². The average molecular weight is 341 g/mol. The van der Waals surface area contributed by atoms with Crippen LogP contribution in [0.25, 0.3) is 0 Å². The monoisotopic (exact) mass is 341 g/mol. The number of carbonyl (C=O) groups is 1. The largest absolute Gasteiger partial charge is 0.493 e. The lowest BCUT2D eigenvalue weighted by atomic mass is 10.2. The molecule has 2 N–H and O–H groups in total. The first kappa shape index (κ1) is 17.8. The van der Waals surface area contributed by atoms with Gasteiger partial charge in [-0.15, -0.1) is 0 Å². The fourth-order valence-electron chi connectivity index (χ4n) is 1.96. The van der Waals surface area contributed by atoms with Crippen LogP contribution in [0.5, 0.6) is 11.5 Å². The maximum atomic E-state index is 12.9. The Hall–Kier alpha value is -3.53. The Bertz CT molecular complexity index is 826. The first-order valence-electron chi connectivity index (χ1n) is 7.23. The summed E-state index contributed by atoms with van der Waals surface area (Å²) in [4.78, 5) is 12.1. The third-order valence-corrected chi connectivity index (χ3v) is 3.23. The van der Waals surface area contributed by atoms with Gasteiger partial charge in [0.2, 0.25) is 0 Å². The van der Waals surface area contributed by atoms with Crippen molar-refractivity contribution < 1.29 is 18.7 Å². The molecule has 7 heteroatoms. The van der Waals surface area contributed by atoms with Gasteiger partial charge in [0.25, 0.3) is 5.91 Å². The lowest BCUT2D eigenvalue weighted by molar-refractivity contribution is -0.112. The van der Waals surface area contributed by atoms with Crippen molar-refractivity contribution in [1.29, 1.82) is 5.26 Å². The minimum Gasteiger partial charge on any atom is -0.493 e. The van der Waals surface area contributed by atoms with Gasteiger partial charge < -0.3 is 20.1 Å². The van der Waals surface area contributed by atoms with E-state index in [1.165, 1.54) is 44.7 Å². The van der Waals surface area contributed by atoms with Crippen molar-refractivity contribution in [2.45, 2.75) is 0 Å². The zero-order valence-electron chi connectivity index (χ0n) is 13.7. The van der Waals surface area contributed by atoms with Crippen molar-refractivity contribution in [3.63, 3.8) is 0 Å². The second kappa shape index (κ2) is 8.36. The van der Waals surface area contributed by atoms with Gasteiger partial charge in [-0.25, -0.2) is 4.39 Å². The van der Waals surface area contributed by atoms with E-state index in [1.807, 2.05) is 6.07 Å². The van der Waals surface area contributed by atoms with Crippen molar-refractivity contribution in [3.8, 4) is 17.6 Å². The Morgan fingerprint density at radius 2 is 1.72 bits per heavy atom. The summed E-state index contributed by atoms with van der Waals surface area (Å²) in [6.45, 7) is 0. The van der Waals surface area contributed by atoms with Gasteiger partial charge in [0.15, 0.2) is 11.5 Å². The van der Waals surface area contributed by atoms with E-state index in [0.29, 0.717) is 22.9 Å². The molecule has 2 rings (SSSR count). The second-order valence-corrected chi connectivity index (χ2v) is 4.84. The predicted octanol–water partition coefficient (Wildman–Crippen LogP) is 3.30. The molecule has 6 nitrogen and oxygen atoms in total. The quantitative estimate of drug-likeness (QED) is 0.622. The number of hydrogen-bond donors (Lipinski definition) is 2. The highest BCUT2D eigenvalue weighted by atomic mass is 19.1. The number of halogens is 1. The number of rotatable bonds is 6. The standard InChI is InChI=1S/C18H16FN3O3/c1-24-16-8-7-15(9-17(16)25-2)21-11-12(10-20)18(23)22-14-5-3-13(19)4-6-14/h3-9,11,21H,1-2H3,(H,22,23)/b12-11-. The van der Waals surface area contributed by atoms with Crippen LogP contribution in [0, 0.1) is 17.1 Å². The maximum Gasteiger partial charge on any atom is 0.267 e. The third kappa shape index (κ3) is 4.72. The number of benzene rings is 2. The molecule has 0 aliphatic carbocycles. The molecule has 0 aliphatic heterocycles. The van der Waals surface area contributed by atoms with Gasteiger partial charge in [0, 0.05) is 23.6 Å². The van der Waals surface area contributed by atoms with Crippen LogP contribution < -0.4 is 20.1 Å². The third-order valence-electron chi connectivity index (χ3n) is 3.23. The van der Waals surface area contributed by atoms with Crippen LogP contribution in [-0.2, 0) is 4.79 Å².